The van der Waals surface area contributed by atoms with Crippen LogP contribution >= 0.6 is 22.9 Å². The first-order chi connectivity index (χ1) is 10.8. The molecule has 1 aromatic carbocycles. The Morgan fingerprint density at radius 1 is 1.43 bits per heavy atom. The van der Waals surface area contributed by atoms with Crippen molar-refractivity contribution in [3.8, 4) is 0 Å². The maximum Gasteiger partial charge on any atom is 0.252 e. The maximum absolute atomic E-state index is 12.8. The predicted octanol–water partition coefficient (Wildman–Crippen LogP) is 4.78. The van der Waals surface area contributed by atoms with Gasteiger partial charge in [0.2, 0.25) is 0 Å². The van der Waals surface area contributed by atoms with Crippen LogP contribution in [0.5, 0.6) is 0 Å². The third-order valence-electron chi connectivity index (χ3n) is 3.39. The first kappa shape index (κ1) is 17.9. The summed E-state index contributed by atoms with van der Waals surface area (Å²) in [6.45, 7) is 9.47. The van der Waals surface area contributed by atoms with E-state index in [4.69, 9.17) is 11.6 Å². The fraction of sp³-hybridized carbons (Fsp3) is 0.176. The Labute approximate surface area is 146 Å². The van der Waals surface area contributed by atoms with Crippen LogP contribution in [0.3, 0.4) is 0 Å². The van der Waals surface area contributed by atoms with Gasteiger partial charge in [0.15, 0.2) is 0 Å². The minimum atomic E-state index is -3.58. The zero-order chi connectivity index (χ0) is 17.2. The van der Waals surface area contributed by atoms with Crippen molar-refractivity contribution in [3.63, 3.8) is 0 Å². The second-order valence-electron chi connectivity index (χ2n) is 5.17. The van der Waals surface area contributed by atoms with Crippen molar-refractivity contribution in [3.05, 3.63) is 65.7 Å². The van der Waals surface area contributed by atoms with Gasteiger partial charge in [-0.1, -0.05) is 43.0 Å². The van der Waals surface area contributed by atoms with Gasteiger partial charge in [0.25, 0.3) is 10.0 Å². The van der Waals surface area contributed by atoms with Crippen molar-refractivity contribution in [2.45, 2.75) is 11.1 Å². The molecule has 122 valence electrons. The Kier molecular flexibility index (Phi) is 5.47. The largest absolute Gasteiger partial charge is 0.252 e. The summed E-state index contributed by atoms with van der Waals surface area (Å²) in [4.78, 5) is 0. The van der Waals surface area contributed by atoms with E-state index in [9.17, 15) is 8.42 Å². The molecule has 3 nitrogen and oxygen atoms in total. The van der Waals surface area contributed by atoms with Crippen LogP contribution in [0.25, 0.3) is 10.1 Å². The van der Waals surface area contributed by atoms with Crippen molar-refractivity contribution < 1.29 is 8.42 Å². The van der Waals surface area contributed by atoms with Gasteiger partial charge < -0.3 is 0 Å². The summed E-state index contributed by atoms with van der Waals surface area (Å²) < 4.78 is 28.2. The fourth-order valence-electron chi connectivity index (χ4n) is 2.19. The summed E-state index contributed by atoms with van der Waals surface area (Å²) in [7, 11) is -2.02. The van der Waals surface area contributed by atoms with E-state index < -0.39 is 10.0 Å². The average molecular weight is 368 g/mol. The van der Waals surface area contributed by atoms with E-state index >= 15 is 0 Å². The van der Waals surface area contributed by atoms with E-state index in [-0.39, 0.29) is 6.54 Å². The quantitative estimate of drug-likeness (QED) is 0.689. The number of halogens is 1. The predicted molar refractivity (Wildman–Crippen MR) is 99.9 cm³/mol. The molecular formula is C17H18ClNO2S2. The molecule has 0 bridgehead atoms. The molecule has 0 radical (unpaired) electrons. The molecule has 0 saturated heterocycles. The lowest BCUT2D eigenvalue weighted by molar-refractivity contribution is 0.497. The summed E-state index contributed by atoms with van der Waals surface area (Å²) >= 11 is 7.27. The van der Waals surface area contributed by atoms with Gasteiger partial charge in [0, 0.05) is 23.3 Å². The standard InChI is InChI=1S/C17H18ClNO2S2/c1-5-6-7-12(2)11-19(4)23(20,21)17-13(3)15-10-14(18)8-9-16(15)22-17/h5-10H,1-2,11H2,3-4H3/b7-6-. The van der Waals surface area contributed by atoms with Crippen molar-refractivity contribution in [1.82, 2.24) is 4.31 Å². The van der Waals surface area contributed by atoms with Gasteiger partial charge in [-0.15, -0.1) is 11.3 Å². The first-order valence-corrected chi connectivity index (χ1v) is 9.52. The van der Waals surface area contributed by atoms with Crippen molar-refractivity contribution in [2.24, 2.45) is 0 Å². The summed E-state index contributed by atoms with van der Waals surface area (Å²) in [5.74, 6) is 0. The number of hydrogen-bond donors (Lipinski definition) is 0. The summed E-state index contributed by atoms with van der Waals surface area (Å²) in [6.07, 6.45) is 5.10. The van der Waals surface area contributed by atoms with Gasteiger partial charge >= 0.3 is 0 Å². The Bertz CT molecular complexity index is 895. The molecule has 0 atom stereocenters. The van der Waals surface area contributed by atoms with Gasteiger partial charge in [-0.3, -0.25) is 0 Å². The van der Waals surface area contributed by atoms with Crippen molar-refractivity contribution >= 4 is 43.0 Å². The van der Waals surface area contributed by atoms with Crippen molar-refractivity contribution in [1.29, 1.82) is 0 Å². The highest BCUT2D eigenvalue weighted by Gasteiger charge is 2.26. The molecule has 1 aromatic heterocycles. The van der Waals surface area contributed by atoms with Crippen LogP contribution in [0, 0.1) is 6.92 Å². The molecule has 1 heterocycles. The highest BCUT2D eigenvalue weighted by molar-refractivity contribution is 7.91. The van der Waals surface area contributed by atoms with E-state index in [1.807, 2.05) is 13.0 Å². The van der Waals surface area contributed by atoms with E-state index in [2.05, 4.69) is 13.2 Å². The Morgan fingerprint density at radius 2 is 2.13 bits per heavy atom. The number of thiophene rings is 1. The molecule has 23 heavy (non-hydrogen) atoms. The minimum absolute atomic E-state index is 0.223. The number of nitrogens with zero attached hydrogens (tertiary/aromatic N) is 1. The van der Waals surface area contributed by atoms with Gasteiger partial charge in [0.05, 0.1) is 0 Å². The van der Waals surface area contributed by atoms with Crippen LogP contribution in [0.4, 0.5) is 0 Å². The third kappa shape index (κ3) is 3.75. The van der Waals surface area contributed by atoms with Crippen LogP contribution < -0.4 is 0 Å². The number of rotatable bonds is 6. The number of likely N-dealkylation sites (N-methyl/N-ethyl adjacent to an activating group) is 1. The Hall–Kier alpha value is -1.40. The van der Waals surface area contributed by atoms with E-state index in [0.29, 0.717) is 14.8 Å². The number of allylic oxidation sites excluding steroid dienone is 2. The third-order valence-corrected chi connectivity index (χ3v) is 7.30. The van der Waals surface area contributed by atoms with E-state index in [1.165, 1.54) is 15.6 Å². The molecule has 6 heteroatoms. The molecule has 0 unspecified atom stereocenters. The molecule has 0 N–H and O–H groups in total. The highest BCUT2D eigenvalue weighted by Crippen LogP contribution is 2.36. The lowest BCUT2D eigenvalue weighted by Gasteiger charge is -2.16. The van der Waals surface area contributed by atoms with Gasteiger partial charge in [-0.05, 0) is 41.6 Å². The second kappa shape index (κ2) is 7.01. The Balaban J connectivity index is 2.39. The monoisotopic (exact) mass is 367 g/mol. The molecule has 0 fully saturated rings. The lowest BCUT2D eigenvalue weighted by Crippen LogP contribution is -2.28. The highest BCUT2D eigenvalue weighted by atomic mass is 35.5. The summed E-state index contributed by atoms with van der Waals surface area (Å²) in [6, 6.07) is 5.41. The molecular weight excluding hydrogens is 350 g/mol. The number of sulfonamides is 1. The van der Waals surface area contributed by atoms with Crippen molar-refractivity contribution in [2.75, 3.05) is 13.6 Å². The van der Waals surface area contributed by atoms with Crippen LogP contribution in [-0.2, 0) is 10.0 Å². The second-order valence-corrected chi connectivity index (χ2v) is 8.90. The molecule has 2 aromatic rings. The fourth-order valence-corrected chi connectivity index (χ4v) is 5.47. The lowest BCUT2D eigenvalue weighted by atomic mass is 10.2. The number of hydrogen-bond acceptors (Lipinski definition) is 3. The number of fused-ring (bicyclic) bond motifs is 1. The zero-order valence-electron chi connectivity index (χ0n) is 13.0. The topological polar surface area (TPSA) is 37.4 Å². The van der Waals surface area contributed by atoms with Gasteiger partial charge in [-0.2, -0.15) is 4.31 Å². The zero-order valence-corrected chi connectivity index (χ0v) is 15.4. The average Bonchev–Trinajstić information content (AvgIpc) is 2.82. The number of benzene rings is 1. The maximum atomic E-state index is 12.8. The molecule has 0 saturated carbocycles. The van der Waals surface area contributed by atoms with Crippen LogP contribution in [0.1, 0.15) is 5.56 Å². The smallest absolute Gasteiger partial charge is 0.206 e. The normalized spacial score (nSPS) is 12.3. The van der Waals surface area contributed by atoms with Gasteiger partial charge in [-0.25, -0.2) is 8.42 Å². The minimum Gasteiger partial charge on any atom is -0.206 e. The van der Waals surface area contributed by atoms with E-state index in [1.54, 1.807) is 37.4 Å². The van der Waals surface area contributed by atoms with Crippen LogP contribution in [0.15, 0.2) is 59.4 Å². The van der Waals surface area contributed by atoms with Gasteiger partial charge in [0.1, 0.15) is 4.21 Å². The first-order valence-electron chi connectivity index (χ1n) is 6.89. The molecule has 0 amide bonds. The molecule has 0 aliphatic carbocycles. The summed E-state index contributed by atoms with van der Waals surface area (Å²) in [5, 5.41) is 1.47. The molecule has 0 spiro atoms. The molecule has 2 rings (SSSR count). The summed E-state index contributed by atoms with van der Waals surface area (Å²) in [5.41, 5.74) is 1.42. The van der Waals surface area contributed by atoms with E-state index in [0.717, 1.165) is 15.6 Å². The molecule has 0 aliphatic heterocycles. The SMILES string of the molecule is C=C/C=C\C(=C)CN(C)S(=O)(=O)c1sc2ccc(Cl)cc2c1C. The van der Waals surface area contributed by atoms with Crippen LogP contribution in [0.2, 0.25) is 5.02 Å². The van der Waals surface area contributed by atoms with Crippen LogP contribution in [-0.4, -0.2) is 26.3 Å². The number of aryl methyl sites for hydroxylation is 1. The Morgan fingerprint density at radius 3 is 2.78 bits per heavy atom. The molecule has 0 aliphatic rings.